The van der Waals surface area contributed by atoms with Gasteiger partial charge in [0.15, 0.2) is 0 Å². The van der Waals surface area contributed by atoms with Crippen molar-refractivity contribution in [2.24, 2.45) is 0 Å². The zero-order valence-corrected chi connectivity index (χ0v) is 7.39. The predicted octanol–water partition coefficient (Wildman–Crippen LogP) is -0.104. The number of halogens is 3. The van der Waals surface area contributed by atoms with Gasteiger partial charge in [0.05, 0.1) is 0 Å². The van der Waals surface area contributed by atoms with Crippen molar-refractivity contribution in [3.8, 4) is 0 Å². The highest BCUT2D eigenvalue weighted by atomic mass is 19.4. The molecule has 1 unspecified atom stereocenters. The van der Waals surface area contributed by atoms with Gasteiger partial charge in [-0.3, -0.25) is 9.59 Å². The van der Waals surface area contributed by atoms with E-state index in [9.17, 15) is 22.8 Å². The van der Waals surface area contributed by atoms with Gasteiger partial charge < -0.3 is 10.2 Å². The molecule has 4 nitrogen and oxygen atoms in total. The molecule has 0 aromatic carbocycles. The minimum absolute atomic E-state index is 0.0605. The lowest BCUT2D eigenvalue weighted by Crippen LogP contribution is -2.58. The Kier molecular flexibility index (Phi) is 2.68. The van der Waals surface area contributed by atoms with E-state index in [1.165, 1.54) is 6.92 Å². The molecule has 0 bridgehead atoms. The van der Waals surface area contributed by atoms with Crippen LogP contribution < -0.4 is 5.32 Å². The van der Waals surface area contributed by atoms with E-state index in [-0.39, 0.29) is 13.1 Å². The number of rotatable bonds is 0. The Balaban J connectivity index is 2.77. The fourth-order valence-corrected chi connectivity index (χ4v) is 1.22. The van der Waals surface area contributed by atoms with Crippen molar-refractivity contribution in [3.05, 3.63) is 0 Å². The zero-order valence-electron chi connectivity index (χ0n) is 7.39. The van der Waals surface area contributed by atoms with E-state index in [0.29, 0.717) is 4.90 Å². The molecule has 1 N–H and O–H groups in total. The van der Waals surface area contributed by atoms with E-state index in [4.69, 9.17) is 0 Å². The minimum atomic E-state index is -4.91. The van der Waals surface area contributed by atoms with Crippen LogP contribution in [0, 0.1) is 0 Å². The van der Waals surface area contributed by atoms with Crippen molar-refractivity contribution in [3.63, 3.8) is 0 Å². The third kappa shape index (κ3) is 1.97. The maximum Gasteiger partial charge on any atom is 0.471 e. The highest BCUT2D eigenvalue weighted by Gasteiger charge is 2.45. The molecule has 1 atom stereocenters. The van der Waals surface area contributed by atoms with E-state index >= 15 is 0 Å². The molecule has 7 heteroatoms. The molecular formula is C7H9F3N2O2. The van der Waals surface area contributed by atoms with Gasteiger partial charge in [0.2, 0.25) is 5.91 Å². The first-order valence-corrected chi connectivity index (χ1v) is 3.99. The van der Waals surface area contributed by atoms with E-state index < -0.39 is 24.0 Å². The van der Waals surface area contributed by atoms with Gasteiger partial charge in [0, 0.05) is 13.1 Å². The Labute approximate surface area is 78.1 Å². The lowest BCUT2D eigenvalue weighted by molar-refractivity contribution is -0.189. The largest absolute Gasteiger partial charge is 0.471 e. The van der Waals surface area contributed by atoms with Crippen LogP contribution in [0.5, 0.6) is 0 Å². The number of hydrogen-bond acceptors (Lipinski definition) is 2. The summed E-state index contributed by atoms with van der Waals surface area (Å²) in [6.45, 7) is 1.22. The summed E-state index contributed by atoms with van der Waals surface area (Å²) in [6, 6.07) is -1.06. The normalized spacial score (nSPS) is 23.3. The number of nitrogens with one attached hydrogen (secondary N) is 1. The fraction of sp³-hybridized carbons (Fsp3) is 0.714. The molecule has 2 amide bonds. The summed E-state index contributed by atoms with van der Waals surface area (Å²) in [5, 5.41) is 2.37. The summed E-state index contributed by atoms with van der Waals surface area (Å²) in [7, 11) is 0. The topological polar surface area (TPSA) is 49.4 Å². The molecule has 1 fully saturated rings. The number of carbonyl (C=O) groups excluding carboxylic acids is 2. The lowest BCUT2D eigenvalue weighted by atomic mass is 10.2. The molecule has 0 aromatic heterocycles. The Morgan fingerprint density at radius 3 is 2.64 bits per heavy atom. The Morgan fingerprint density at radius 2 is 2.14 bits per heavy atom. The first-order chi connectivity index (χ1) is 6.34. The number of hydrogen-bond donors (Lipinski definition) is 1. The number of carbonyl (C=O) groups is 2. The first-order valence-electron chi connectivity index (χ1n) is 3.99. The molecule has 0 saturated carbocycles. The molecule has 1 heterocycles. The summed E-state index contributed by atoms with van der Waals surface area (Å²) in [5.74, 6) is -2.52. The smallest absolute Gasteiger partial charge is 0.353 e. The molecule has 1 rings (SSSR count). The van der Waals surface area contributed by atoms with Crippen LogP contribution in [-0.2, 0) is 9.59 Å². The molecule has 0 radical (unpaired) electrons. The first kappa shape index (κ1) is 10.8. The molecule has 1 saturated heterocycles. The van der Waals surface area contributed by atoms with Crippen molar-refractivity contribution < 1.29 is 22.8 Å². The van der Waals surface area contributed by atoms with E-state index in [1.54, 1.807) is 0 Å². The van der Waals surface area contributed by atoms with Crippen LogP contribution in [0.2, 0.25) is 0 Å². The van der Waals surface area contributed by atoms with Crippen molar-refractivity contribution in [2.45, 2.75) is 19.1 Å². The highest BCUT2D eigenvalue weighted by Crippen LogP contribution is 2.20. The third-order valence-corrected chi connectivity index (χ3v) is 2.00. The number of piperazine rings is 1. The van der Waals surface area contributed by atoms with E-state index in [0.717, 1.165) is 0 Å². The molecular weight excluding hydrogens is 201 g/mol. The van der Waals surface area contributed by atoms with E-state index in [2.05, 4.69) is 5.32 Å². The summed E-state index contributed by atoms with van der Waals surface area (Å²) in [4.78, 5) is 22.3. The second-order valence-electron chi connectivity index (χ2n) is 2.96. The molecule has 14 heavy (non-hydrogen) atoms. The van der Waals surface area contributed by atoms with Crippen LogP contribution >= 0.6 is 0 Å². The Bertz CT molecular complexity index is 264. The van der Waals surface area contributed by atoms with Crippen molar-refractivity contribution in [1.29, 1.82) is 0 Å². The zero-order chi connectivity index (χ0) is 10.9. The van der Waals surface area contributed by atoms with Gasteiger partial charge >= 0.3 is 12.1 Å². The maximum atomic E-state index is 12.0. The van der Waals surface area contributed by atoms with Gasteiger partial charge in [-0.15, -0.1) is 0 Å². The predicted molar refractivity (Wildman–Crippen MR) is 40.2 cm³/mol. The summed E-state index contributed by atoms with van der Waals surface area (Å²) >= 11 is 0. The quantitative estimate of drug-likeness (QED) is 0.606. The monoisotopic (exact) mass is 210 g/mol. The molecule has 0 aromatic rings. The van der Waals surface area contributed by atoms with Crippen LogP contribution in [0.3, 0.4) is 0 Å². The van der Waals surface area contributed by atoms with Gasteiger partial charge in [-0.25, -0.2) is 0 Å². The SMILES string of the molecule is CC1C(=O)NCCN1C(=O)C(F)(F)F. The van der Waals surface area contributed by atoms with Crippen molar-refractivity contribution in [2.75, 3.05) is 13.1 Å². The lowest BCUT2D eigenvalue weighted by Gasteiger charge is -2.33. The van der Waals surface area contributed by atoms with Gasteiger partial charge in [-0.05, 0) is 6.92 Å². The summed E-state index contributed by atoms with van der Waals surface area (Å²) in [5.41, 5.74) is 0. The molecule has 80 valence electrons. The van der Waals surface area contributed by atoms with Crippen LogP contribution in [0.25, 0.3) is 0 Å². The molecule has 0 spiro atoms. The van der Waals surface area contributed by atoms with Crippen molar-refractivity contribution in [1.82, 2.24) is 10.2 Å². The van der Waals surface area contributed by atoms with Crippen LogP contribution in [-0.4, -0.2) is 42.0 Å². The van der Waals surface area contributed by atoms with Crippen molar-refractivity contribution >= 4 is 11.8 Å². The molecule has 1 aliphatic rings. The second-order valence-corrected chi connectivity index (χ2v) is 2.96. The van der Waals surface area contributed by atoms with Gasteiger partial charge in [0.1, 0.15) is 6.04 Å². The average molecular weight is 210 g/mol. The van der Waals surface area contributed by atoms with Crippen LogP contribution in [0.4, 0.5) is 13.2 Å². The number of amides is 2. The fourth-order valence-electron chi connectivity index (χ4n) is 1.22. The highest BCUT2D eigenvalue weighted by molar-refractivity contribution is 5.90. The third-order valence-electron chi connectivity index (χ3n) is 2.00. The van der Waals surface area contributed by atoms with Gasteiger partial charge in [-0.1, -0.05) is 0 Å². The number of nitrogens with zero attached hydrogens (tertiary/aromatic N) is 1. The molecule has 0 aliphatic carbocycles. The van der Waals surface area contributed by atoms with Gasteiger partial charge in [0.25, 0.3) is 0 Å². The second kappa shape index (κ2) is 3.47. The molecule has 1 aliphatic heterocycles. The minimum Gasteiger partial charge on any atom is -0.353 e. The maximum absolute atomic E-state index is 12.0. The van der Waals surface area contributed by atoms with Crippen LogP contribution in [0.15, 0.2) is 0 Å². The van der Waals surface area contributed by atoms with Crippen LogP contribution in [0.1, 0.15) is 6.92 Å². The Hall–Kier alpha value is -1.27. The average Bonchev–Trinajstić information content (AvgIpc) is 2.07. The standard InChI is InChI=1S/C7H9F3N2O2/c1-4-5(13)11-2-3-12(4)6(14)7(8,9)10/h4H,2-3H2,1H3,(H,11,13). The summed E-state index contributed by atoms with van der Waals surface area (Å²) < 4.78 is 36.0. The van der Waals surface area contributed by atoms with E-state index in [1.807, 2.05) is 0 Å². The summed E-state index contributed by atoms with van der Waals surface area (Å²) in [6.07, 6.45) is -4.91. The number of alkyl halides is 3. The Morgan fingerprint density at radius 1 is 1.57 bits per heavy atom. The van der Waals surface area contributed by atoms with Gasteiger partial charge in [-0.2, -0.15) is 13.2 Å².